The predicted octanol–water partition coefficient (Wildman–Crippen LogP) is 3.05. The highest BCUT2D eigenvalue weighted by Crippen LogP contribution is 2.44. The Hall–Kier alpha value is -2.33. The highest BCUT2D eigenvalue weighted by molar-refractivity contribution is 5.79. The van der Waals surface area contributed by atoms with Gasteiger partial charge in [-0.05, 0) is 35.1 Å². The molecule has 0 spiro atoms. The number of carbonyl (C=O) groups excluding carboxylic acids is 1. The van der Waals surface area contributed by atoms with E-state index < -0.39 is 12.2 Å². The van der Waals surface area contributed by atoms with Gasteiger partial charge in [0, 0.05) is 5.92 Å². The fraction of sp³-hybridized carbons (Fsp3) is 0.316. The van der Waals surface area contributed by atoms with E-state index in [1.54, 1.807) is 0 Å². The second-order valence-electron chi connectivity index (χ2n) is 6.22. The molecule has 0 bridgehead atoms. The molecule has 0 aliphatic heterocycles. The monoisotopic (exact) mass is 309 g/mol. The first kappa shape index (κ1) is 14.3. The molecule has 2 aromatic carbocycles. The molecule has 2 aromatic rings. The fourth-order valence-corrected chi connectivity index (χ4v) is 3.44. The molecule has 4 heteroatoms. The number of alkyl carbamates (subject to hydrolysis) is 1. The standard InChI is InChI=1S/C19H19NO3/c21-18-10-9-17(18)20-19(22)23-11-16-14-7-3-1-5-12(14)13-6-2-4-8-15(13)16/h1-8,16-18,21H,9-11H2,(H,20,22)/t17-,18-/m0/s1. The van der Waals surface area contributed by atoms with E-state index in [0.29, 0.717) is 6.61 Å². The lowest BCUT2D eigenvalue weighted by Gasteiger charge is -2.32. The van der Waals surface area contributed by atoms with Crippen LogP contribution in [0.2, 0.25) is 0 Å². The van der Waals surface area contributed by atoms with Crippen LogP contribution in [0, 0.1) is 0 Å². The van der Waals surface area contributed by atoms with Crippen LogP contribution in [0.15, 0.2) is 48.5 Å². The van der Waals surface area contributed by atoms with Crippen LogP contribution in [-0.2, 0) is 4.74 Å². The molecule has 0 saturated heterocycles. The number of ether oxygens (including phenoxy) is 1. The van der Waals surface area contributed by atoms with Crippen molar-refractivity contribution in [1.82, 2.24) is 5.32 Å². The third kappa shape index (κ3) is 2.49. The molecule has 4 rings (SSSR count). The third-order valence-corrected chi connectivity index (χ3v) is 4.88. The normalized spacial score (nSPS) is 22.0. The Morgan fingerprint density at radius 3 is 2.17 bits per heavy atom. The van der Waals surface area contributed by atoms with Gasteiger partial charge in [-0.15, -0.1) is 0 Å². The SMILES string of the molecule is O=C(N[C@H]1CC[C@@H]1O)OCC1c2ccccc2-c2ccccc21. The van der Waals surface area contributed by atoms with E-state index in [9.17, 15) is 9.90 Å². The lowest BCUT2D eigenvalue weighted by molar-refractivity contribution is 0.0447. The molecule has 4 nitrogen and oxygen atoms in total. The Morgan fingerprint density at radius 1 is 1.04 bits per heavy atom. The minimum atomic E-state index is -0.449. The van der Waals surface area contributed by atoms with E-state index >= 15 is 0 Å². The van der Waals surface area contributed by atoms with Crippen molar-refractivity contribution in [3.8, 4) is 11.1 Å². The van der Waals surface area contributed by atoms with Crippen LogP contribution < -0.4 is 5.32 Å². The number of rotatable bonds is 3. The first-order chi connectivity index (χ1) is 11.2. The summed E-state index contributed by atoms with van der Waals surface area (Å²) in [5.41, 5.74) is 4.83. The molecule has 2 N–H and O–H groups in total. The van der Waals surface area contributed by atoms with Crippen molar-refractivity contribution in [2.24, 2.45) is 0 Å². The maximum Gasteiger partial charge on any atom is 0.407 e. The predicted molar refractivity (Wildman–Crippen MR) is 87.2 cm³/mol. The first-order valence-electron chi connectivity index (χ1n) is 8.03. The van der Waals surface area contributed by atoms with Crippen LogP contribution in [0.25, 0.3) is 11.1 Å². The summed E-state index contributed by atoms with van der Waals surface area (Å²) in [4.78, 5) is 11.9. The summed E-state index contributed by atoms with van der Waals surface area (Å²) in [5.74, 6) is 0.0689. The smallest absolute Gasteiger partial charge is 0.407 e. The number of carbonyl (C=O) groups is 1. The summed E-state index contributed by atoms with van der Waals surface area (Å²) < 4.78 is 5.43. The molecule has 0 aromatic heterocycles. The largest absolute Gasteiger partial charge is 0.449 e. The topological polar surface area (TPSA) is 58.6 Å². The van der Waals surface area contributed by atoms with Crippen molar-refractivity contribution in [2.75, 3.05) is 6.61 Å². The zero-order valence-electron chi connectivity index (χ0n) is 12.7. The highest BCUT2D eigenvalue weighted by Gasteiger charge is 2.32. The summed E-state index contributed by atoms with van der Waals surface area (Å²) >= 11 is 0. The number of hydrogen-bond donors (Lipinski definition) is 2. The molecule has 2 aliphatic carbocycles. The van der Waals surface area contributed by atoms with Crippen molar-refractivity contribution in [3.63, 3.8) is 0 Å². The third-order valence-electron chi connectivity index (χ3n) is 4.88. The van der Waals surface area contributed by atoms with Gasteiger partial charge in [-0.2, -0.15) is 0 Å². The molecule has 2 aliphatic rings. The van der Waals surface area contributed by atoms with E-state index in [1.165, 1.54) is 22.3 Å². The zero-order valence-corrected chi connectivity index (χ0v) is 12.7. The van der Waals surface area contributed by atoms with Gasteiger partial charge in [-0.3, -0.25) is 0 Å². The summed E-state index contributed by atoms with van der Waals surface area (Å²) in [6, 6.07) is 16.3. The Kier molecular flexibility index (Phi) is 3.54. The lowest BCUT2D eigenvalue weighted by Crippen LogP contribution is -2.50. The lowest BCUT2D eigenvalue weighted by atomic mass is 9.89. The number of aliphatic hydroxyl groups is 1. The Morgan fingerprint density at radius 2 is 1.65 bits per heavy atom. The minimum Gasteiger partial charge on any atom is -0.449 e. The van der Waals surface area contributed by atoms with Crippen LogP contribution in [0.1, 0.15) is 29.9 Å². The number of nitrogens with one attached hydrogen (secondary N) is 1. The first-order valence-corrected chi connectivity index (χ1v) is 8.03. The fourth-order valence-electron chi connectivity index (χ4n) is 3.44. The van der Waals surface area contributed by atoms with Gasteiger partial charge in [0.2, 0.25) is 0 Å². The molecule has 0 radical (unpaired) electrons. The molecule has 23 heavy (non-hydrogen) atoms. The number of amides is 1. The van der Waals surface area contributed by atoms with Gasteiger partial charge in [0.05, 0.1) is 12.1 Å². The van der Waals surface area contributed by atoms with Crippen LogP contribution in [0.4, 0.5) is 4.79 Å². The Labute approximate surface area is 135 Å². The molecule has 2 atom stereocenters. The van der Waals surface area contributed by atoms with Crippen molar-refractivity contribution in [3.05, 3.63) is 59.7 Å². The molecule has 1 fully saturated rings. The van der Waals surface area contributed by atoms with Gasteiger partial charge in [0.1, 0.15) is 6.61 Å². The molecular formula is C19H19NO3. The van der Waals surface area contributed by atoms with Crippen LogP contribution in [-0.4, -0.2) is 30.0 Å². The average Bonchev–Trinajstić information content (AvgIpc) is 2.91. The van der Waals surface area contributed by atoms with Gasteiger partial charge in [0.15, 0.2) is 0 Å². The van der Waals surface area contributed by atoms with E-state index in [1.807, 2.05) is 24.3 Å². The number of benzene rings is 2. The average molecular weight is 309 g/mol. The highest BCUT2D eigenvalue weighted by atomic mass is 16.5. The second-order valence-corrected chi connectivity index (χ2v) is 6.22. The van der Waals surface area contributed by atoms with E-state index in [0.717, 1.165) is 12.8 Å². The number of fused-ring (bicyclic) bond motifs is 3. The number of aliphatic hydroxyl groups excluding tert-OH is 1. The summed E-state index contributed by atoms with van der Waals surface area (Å²) in [6.45, 7) is 0.308. The summed E-state index contributed by atoms with van der Waals surface area (Å²) in [5, 5.41) is 12.3. The molecule has 0 heterocycles. The summed E-state index contributed by atoms with van der Waals surface area (Å²) in [6.07, 6.45) is 0.672. The quantitative estimate of drug-likeness (QED) is 0.916. The van der Waals surface area contributed by atoms with Crippen LogP contribution in [0.3, 0.4) is 0 Å². The number of hydrogen-bond acceptors (Lipinski definition) is 3. The van der Waals surface area contributed by atoms with Gasteiger partial charge < -0.3 is 15.2 Å². The van der Waals surface area contributed by atoms with Gasteiger partial charge >= 0.3 is 6.09 Å². The Balaban J connectivity index is 1.49. The maximum absolute atomic E-state index is 11.9. The molecule has 0 unspecified atom stereocenters. The van der Waals surface area contributed by atoms with E-state index in [2.05, 4.69) is 29.6 Å². The molecule has 1 amide bonds. The zero-order chi connectivity index (χ0) is 15.8. The maximum atomic E-state index is 11.9. The Bertz CT molecular complexity index is 697. The van der Waals surface area contributed by atoms with E-state index in [-0.39, 0.29) is 12.0 Å². The van der Waals surface area contributed by atoms with Crippen LogP contribution >= 0.6 is 0 Å². The van der Waals surface area contributed by atoms with Crippen molar-refractivity contribution in [2.45, 2.75) is 30.9 Å². The van der Waals surface area contributed by atoms with E-state index in [4.69, 9.17) is 4.74 Å². The molecule has 118 valence electrons. The van der Waals surface area contributed by atoms with Gasteiger partial charge in [-0.1, -0.05) is 48.5 Å². The van der Waals surface area contributed by atoms with Crippen LogP contribution in [0.5, 0.6) is 0 Å². The van der Waals surface area contributed by atoms with Crippen molar-refractivity contribution in [1.29, 1.82) is 0 Å². The molecule has 1 saturated carbocycles. The van der Waals surface area contributed by atoms with Gasteiger partial charge in [0.25, 0.3) is 0 Å². The second kappa shape index (κ2) is 5.70. The minimum absolute atomic E-state index is 0.0689. The molecular weight excluding hydrogens is 290 g/mol. The summed E-state index contributed by atoms with van der Waals surface area (Å²) in [7, 11) is 0. The van der Waals surface area contributed by atoms with Crippen molar-refractivity contribution < 1.29 is 14.6 Å². The van der Waals surface area contributed by atoms with Gasteiger partial charge in [-0.25, -0.2) is 4.79 Å². The van der Waals surface area contributed by atoms with Crippen molar-refractivity contribution >= 4 is 6.09 Å².